The number of aryl methyl sites for hydroxylation is 1. The molecule has 3 aromatic carbocycles. The Kier molecular flexibility index (Phi) is 9.64. The molecule has 0 unspecified atom stereocenters. The molecular weight excluding hydrogens is 458 g/mol. The van der Waals surface area contributed by atoms with Gasteiger partial charge < -0.3 is 19.5 Å². The Bertz CT molecular complexity index is 1220. The van der Waals surface area contributed by atoms with Crippen LogP contribution >= 0.6 is 0 Å². The predicted octanol–water partition coefficient (Wildman–Crippen LogP) is 4.74. The molecule has 0 atom stereocenters. The lowest BCUT2D eigenvalue weighted by Gasteiger charge is -2.12. The number of amides is 2. The van der Waals surface area contributed by atoms with Crippen LogP contribution in [0.2, 0.25) is 0 Å². The Morgan fingerprint density at radius 1 is 0.972 bits per heavy atom. The third-order valence-electron chi connectivity index (χ3n) is 4.81. The molecule has 36 heavy (non-hydrogen) atoms. The van der Waals surface area contributed by atoms with Crippen LogP contribution < -0.4 is 25.0 Å². The lowest BCUT2D eigenvalue weighted by molar-refractivity contribution is -0.118. The molecule has 0 aliphatic carbocycles. The van der Waals surface area contributed by atoms with Crippen molar-refractivity contribution in [2.45, 2.75) is 13.8 Å². The van der Waals surface area contributed by atoms with Gasteiger partial charge in [-0.3, -0.25) is 9.59 Å². The van der Waals surface area contributed by atoms with E-state index in [-0.39, 0.29) is 12.5 Å². The van der Waals surface area contributed by atoms with Crippen LogP contribution in [0, 0.1) is 6.92 Å². The Balaban J connectivity index is 1.54. The van der Waals surface area contributed by atoms with Crippen LogP contribution in [-0.2, 0) is 4.79 Å². The minimum absolute atomic E-state index is 0.139. The van der Waals surface area contributed by atoms with Crippen LogP contribution in [0.3, 0.4) is 0 Å². The Morgan fingerprint density at radius 2 is 1.78 bits per heavy atom. The molecule has 0 heterocycles. The number of rotatable bonds is 12. The van der Waals surface area contributed by atoms with Crippen LogP contribution in [0.25, 0.3) is 0 Å². The second-order valence-electron chi connectivity index (χ2n) is 7.67. The number of hydrogen-bond donors (Lipinski definition) is 2. The predicted molar refractivity (Wildman–Crippen MR) is 140 cm³/mol. The van der Waals surface area contributed by atoms with Crippen molar-refractivity contribution in [1.82, 2.24) is 5.43 Å². The number of hydrazone groups is 1. The first-order valence-corrected chi connectivity index (χ1v) is 11.4. The van der Waals surface area contributed by atoms with E-state index in [1.54, 1.807) is 48.5 Å². The van der Waals surface area contributed by atoms with Gasteiger partial charge in [0.25, 0.3) is 11.8 Å². The van der Waals surface area contributed by atoms with Gasteiger partial charge in [0, 0.05) is 11.3 Å². The van der Waals surface area contributed by atoms with E-state index in [9.17, 15) is 9.59 Å². The topological polar surface area (TPSA) is 98.3 Å². The number of hydrogen-bond acceptors (Lipinski definition) is 6. The molecule has 186 valence electrons. The maximum absolute atomic E-state index is 12.5. The van der Waals surface area contributed by atoms with Crippen molar-refractivity contribution >= 4 is 23.7 Å². The maximum Gasteiger partial charge on any atom is 0.271 e. The number of nitrogens with zero attached hydrogens (tertiary/aromatic N) is 1. The zero-order valence-electron chi connectivity index (χ0n) is 20.3. The molecule has 0 saturated carbocycles. The van der Waals surface area contributed by atoms with Gasteiger partial charge in [-0.05, 0) is 61.9 Å². The lowest BCUT2D eigenvalue weighted by atomic mass is 10.2. The second-order valence-corrected chi connectivity index (χ2v) is 7.67. The summed E-state index contributed by atoms with van der Waals surface area (Å²) >= 11 is 0. The van der Waals surface area contributed by atoms with Gasteiger partial charge in [-0.1, -0.05) is 42.5 Å². The van der Waals surface area contributed by atoms with E-state index < -0.39 is 5.91 Å². The molecular formula is C28H29N3O5. The summed E-state index contributed by atoms with van der Waals surface area (Å²) in [4.78, 5) is 24.7. The quantitative estimate of drug-likeness (QED) is 0.218. The molecule has 0 saturated heterocycles. The van der Waals surface area contributed by atoms with Gasteiger partial charge in [-0.15, -0.1) is 0 Å². The fourth-order valence-electron chi connectivity index (χ4n) is 3.08. The molecule has 0 aliphatic heterocycles. The van der Waals surface area contributed by atoms with Crippen LogP contribution in [0.1, 0.15) is 28.4 Å². The molecule has 3 rings (SSSR count). The van der Waals surface area contributed by atoms with Crippen molar-refractivity contribution < 1.29 is 23.8 Å². The highest BCUT2D eigenvalue weighted by Crippen LogP contribution is 2.28. The van der Waals surface area contributed by atoms with E-state index in [1.165, 1.54) is 6.21 Å². The van der Waals surface area contributed by atoms with E-state index in [0.29, 0.717) is 47.3 Å². The largest absolute Gasteiger partial charge is 0.490 e. The average Bonchev–Trinajstić information content (AvgIpc) is 2.88. The van der Waals surface area contributed by atoms with E-state index in [0.717, 1.165) is 5.56 Å². The highest BCUT2D eigenvalue weighted by Gasteiger charge is 2.11. The average molecular weight is 488 g/mol. The summed E-state index contributed by atoms with van der Waals surface area (Å²) in [6, 6.07) is 19.4. The molecule has 0 bridgehead atoms. The smallest absolute Gasteiger partial charge is 0.271 e. The van der Waals surface area contributed by atoms with Crippen molar-refractivity contribution in [2.24, 2.45) is 5.10 Å². The van der Waals surface area contributed by atoms with Gasteiger partial charge in [0.1, 0.15) is 12.4 Å². The summed E-state index contributed by atoms with van der Waals surface area (Å²) in [6.45, 7) is 8.08. The van der Waals surface area contributed by atoms with Crippen molar-refractivity contribution in [2.75, 3.05) is 25.1 Å². The number of ether oxygens (including phenoxy) is 3. The zero-order valence-corrected chi connectivity index (χ0v) is 20.3. The third kappa shape index (κ3) is 8.02. The molecule has 0 aliphatic rings. The Hall–Kier alpha value is -4.59. The van der Waals surface area contributed by atoms with E-state index in [4.69, 9.17) is 14.2 Å². The summed E-state index contributed by atoms with van der Waals surface area (Å²) in [5, 5.41) is 6.80. The van der Waals surface area contributed by atoms with Gasteiger partial charge in [0.05, 0.1) is 12.8 Å². The lowest BCUT2D eigenvalue weighted by Crippen LogP contribution is -2.20. The number of nitrogens with one attached hydrogen (secondary N) is 2. The second kappa shape index (κ2) is 13.3. The van der Waals surface area contributed by atoms with E-state index in [1.807, 2.05) is 38.1 Å². The van der Waals surface area contributed by atoms with Crippen molar-refractivity contribution in [3.05, 3.63) is 96.1 Å². The highest BCUT2D eigenvalue weighted by molar-refractivity contribution is 5.95. The monoisotopic (exact) mass is 487 g/mol. The molecule has 0 radical (unpaired) electrons. The standard InChI is InChI=1S/C28H29N3O5/c1-4-15-35-25-14-11-22(17-26(25)34-5-2)28(33)31-29-18-21-7-6-8-24(16-21)36-19-27(32)30-23-12-9-20(3)10-13-23/h4,6-14,16-18H,1,5,15,19H2,2-3H3,(H,30,32)(H,31,33)/b29-18+. The minimum atomic E-state index is -0.400. The van der Waals surface area contributed by atoms with Crippen molar-refractivity contribution in [1.29, 1.82) is 0 Å². The summed E-state index contributed by atoms with van der Waals surface area (Å²) in [5.41, 5.74) is 5.38. The fraction of sp³-hybridized carbons (Fsp3) is 0.179. The first-order chi connectivity index (χ1) is 17.5. The first kappa shape index (κ1) is 26.0. The van der Waals surface area contributed by atoms with E-state index in [2.05, 4.69) is 22.4 Å². The van der Waals surface area contributed by atoms with Crippen LogP contribution in [0.5, 0.6) is 17.2 Å². The molecule has 8 nitrogen and oxygen atoms in total. The number of anilines is 1. The molecule has 0 spiro atoms. The maximum atomic E-state index is 12.5. The van der Waals surface area contributed by atoms with Gasteiger partial charge >= 0.3 is 0 Å². The summed E-state index contributed by atoms with van der Waals surface area (Å²) in [6.07, 6.45) is 3.12. The molecule has 2 amide bonds. The van der Waals surface area contributed by atoms with Crippen molar-refractivity contribution in [3.8, 4) is 17.2 Å². The molecule has 3 aromatic rings. The van der Waals surface area contributed by atoms with Gasteiger partial charge in [-0.2, -0.15) is 5.10 Å². The summed E-state index contributed by atoms with van der Waals surface area (Å²) < 4.78 is 16.7. The Morgan fingerprint density at radius 3 is 2.53 bits per heavy atom. The van der Waals surface area contributed by atoms with Crippen LogP contribution in [-0.4, -0.2) is 37.8 Å². The Labute approximate surface area is 210 Å². The normalized spacial score (nSPS) is 10.5. The number of carbonyl (C=O) groups is 2. The molecule has 0 fully saturated rings. The van der Waals surface area contributed by atoms with Gasteiger partial charge in [0.15, 0.2) is 18.1 Å². The van der Waals surface area contributed by atoms with Crippen LogP contribution in [0.15, 0.2) is 84.5 Å². The van der Waals surface area contributed by atoms with Gasteiger partial charge in [0.2, 0.25) is 0 Å². The fourth-order valence-corrected chi connectivity index (χ4v) is 3.08. The number of benzene rings is 3. The zero-order chi connectivity index (χ0) is 25.8. The van der Waals surface area contributed by atoms with Crippen LogP contribution in [0.4, 0.5) is 5.69 Å². The SMILES string of the molecule is C=CCOc1ccc(C(=O)N/N=C/c2cccc(OCC(=O)Nc3ccc(C)cc3)c2)cc1OCC. The summed E-state index contributed by atoms with van der Waals surface area (Å²) in [5.74, 6) is 0.828. The van der Waals surface area contributed by atoms with Gasteiger partial charge in [-0.25, -0.2) is 5.43 Å². The highest BCUT2D eigenvalue weighted by atomic mass is 16.5. The first-order valence-electron chi connectivity index (χ1n) is 11.4. The molecule has 0 aromatic heterocycles. The molecule has 8 heteroatoms. The summed E-state index contributed by atoms with van der Waals surface area (Å²) in [7, 11) is 0. The minimum Gasteiger partial charge on any atom is -0.490 e. The third-order valence-corrected chi connectivity index (χ3v) is 4.81. The van der Waals surface area contributed by atoms with E-state index >= 15 is 0 Å². The van der Waals surface area contributed by atoms with Crippen molar-refractivity contribution in [3.63, 3.8) is 0 Å². The number of carbonyl (C=O) groups excluding carboxylic acids is 2. The molecule has 2 N–H and O–H groups in total.